The van der Waals surface area contributed by atoms with Crippen molar-refractivity contribution >= 4 is 11.3 Å². The molecule has 1 aromatic carbocycles. The van der Waals surface area contributed by atoms with Gasteiger partial charge in [0.25, 0.3) is 0 Å². The lowest BCUT2D eigenvalue weighted by Gasteiger charge is -2.10. The van der Waals surface area contributed by atoms with Gasteiger partial charge in [-0.05, 0) is 50.2 Å². The van der Waals surface area contributed by atoms with Crippen LogP contribution < -0.4 is 10.5 Å². The highest BCUT2D eigenvalue weighted by Crippen LogP contribution is 2.27. The number of pyridine rings is 1. The molecule has 0 aliphatic heterocycles. The van der Waals surface area contributed by atoms with Crippen LogP contribution in [0.3, 0.4) is 0 Å². The lowest BCUT2D eigenvalue weighted by atomic mass is 10.1. The maximum atomic E-state index is 9.14. The van der Waals surface area contributed by atoms with Crippen molar-refractivity contribution in [3.05, 3.63) is 48.3 Å². The van der Waals surface area contributed by atoms with Gasteiger partial charge in [-0.15, -0.1) is 0 Å². The molecular formula is C18H18N4O. The van der Waals surface area contributed by atoms with Gasteiger partial charge in [-0.25, -0.2) is 4.98 Å². The summed E-state index contributed by atoms with van der Waals surface area (Å²) < 4.78 is 7.54. The van der Waals surface area contributed by atoms with Gasteiger partial charge in [0.2, 0.25) is 0 Å². The van der Waals surface area contributed by atoms with Gasteiger partial charge in [0.05, 0.1) is 30.0 Å². The summed E-state index contributed by atoms with van der Waals surface area (Å²) in [5.74, 6) is 0.818. The number of nitrogen functional groups attached to an aromatic ring is 1. The molecule has 0 saturated heterocycles. The van der Waals surface area contributed by atoms with Gasteiger partial charge in [0, 0.05) is 17.4 Å². The fourth-order valence-corrected chi connectivity index (χ4v) is 2.55. The fourth-order valence-electron chi connectivity index (χ4n) is 2.55. The lowest BCUT2D eigenvalue weighted by molar-refractivity contribution is 0.242. The minimum Gasteiger partial charge on any atom is -0.491 e. The second-order valence-electron chi connectivity index (χ2n) is 5.62. The van der Waals surface area contributed by atoms with Crippen molar-refractivity contribution in [2.45, 2.75) is 26.4 Å². The van der Waals surface area contributed by atoms with E-state index in [9.17, 15) is 0 Å². The Morgan fingerprint density at radius 3 is 2.61 bits per heavy atom. The molecule has 0 radical (unpaired) electrons. The second kappa shape index (κ2) is 6.01. The van der Waals surface area contributed by atoms with Gasteiger partial charge >= 0.3 is 0 Å². The average Bonchev–Trinajstić information content (AvgIpc) is 2.86. The molecule has 3 aromatic rings. The average molecular weight is 306 g/mol. The lowest BCUT2D eigenvalue weighted by Crippen LogP contribution is -2.05. The molecule has 2 aromatic heterocycles. The first-order chi connectivity index (χ1) is 11.1. The van der Waals surface area contributed by atoms with E-state index < -0.39 is 0 Å². The van der Waals surface area contributed by atoms with Gasteiger partial charge in [0.15, 0.2) is 0 Å². The summed E-state index contributed by atoms with van der Waals surface area (Å²) in [4.78, 5) is 4.65. The van der Waals surface area contributed by atoms with Crippen molar-refractivity contribution in [3.8, 4) is 23.1 Å². The number of anilines is 1. The molecule has 5 heteroatoms. The third kappa shape index (κ3) is 2.97. The summed E-state index contributed by atoms with van der Waals surface area (Å²) in [5.41, 5.74) is 9.87. The van der Waals surface area contributed by atoms with Crippen LogP contribution in [0.5, 0.6) is 5.75 Å². The molecule has 5 nitrogen and oxygen atoms in total. The molecule has 23 heavy (non-hydrogen) atoms. The number of nitrogens with zero attached hydrogens (tertiary/aromatic N) is 3. The number of benzene rings is 1. The van der Waals surface area contributed by atoms with E-state index in [2.05, 4.69) is 11.1 Å². The summed E-state index contributed by atoms with van der Waals surface area (Å²) in [7, 11) is 0. The number of rotatable bonds is 4. The van der Waals surface area contributed by atoms with Crippen molar-refractivity contribution in [1.29, 1.82) is 5.26 Å². The molecule has 0 saturated carbocycles. The van der Waals surface area contributed by atoms with Gasteiger partial charge in [-0.3, -0.25) is 0 Å². The Morgan fingerprint density at radius 1 is 1.22 bits per heavy atom. The van der Waals surface area contributed by atoms with Crippen LogP contribution in [0.25, 0.3) is 16.9 Å². The van der Waals surface area contributed by atoms with Crippen molar-refractivity contribution in [2.75, 3.05) is 5.73 Å². The SMILES string of the molecule is CC(C)Oc1ccc(-c2nc3ccc(N)cn3c2CC#N)cc1. The molecule has 0 amide bonds. The maximum absolute atomic E-state index is 9.14. The minimum absolute atomic E-state index is 0.133. The van der Waals surface area contributed by atoms with Crippen LogP contribution in [0.15, 0.2) is 42.6 Å². The Hall–Kier alpha value is -3.00. The van der Waals surface area contributed by atoms with Crippen molar-refractivity contribution in [2.24, 2.45) is 0 Å². The van der Waals surface area contributed by atoms with E-state index >= 15 is 0 Å². The van der Waals surface area contributed by atoms with E-state index in [1.54, 1.807) is 6.20 Å². The van der Waals surface area contributed by atoms with E-state index in [1.165, 1.54) is 0 Å². The van der Waals surface area contributed by atoms with Crippen molar-refractivity contribution in [1.82, 2.24) is 9.38 Å². The van der Waals surface area contributed by atoms with E-state index in [0.29, 0.717) is 5.69 Å². The van der Waals surface area contributed by atoms with Gasteiger partial charge in [-0.1, -0.05) is 0 Å². The summed E-state index contributed by atoms with van der Waals surface area (Å²) in [6.45, 7) is 3.98. The first kappa shape index (κ1) is 14.9. The molecule has 0 bridgehead atoms. The van der Waals surface area contributed by atoms with Gasteiger partial charge < -0.3 is 14.9 Å². The highest BCUT2D eigenvalue weighted by Gasteiger charge is 2.14. The Kier molecular flexibility index (Phi) is 3.90. The normalized spacial score (nSPS) is 10.9. The van der Waals surface area contributed by atoms with Crippen LogP contribution >= 0.6 is 0 Å². The first-order valence-corrected chi connectivity index (χ1v) is 7.49. The van der Waals surface area contributed by atoms with E-state index in [-0.39, 0.29) is 12.5 Å². The Bertz CT molecular complexity index is 872. The fraction of sp³-hybridized carbons (Fsp3) is 0.222. The summed E-state index contributed by atoms with van der Waals surface area (Å²) in [5, 5.41) is 9.14. The first-order valence-electron chi connectivity index (χ1n) is 7.49. The summed E-state index contributed by atoms with van der Waals surface area (Å²) in [6, 6.07) is 13.6. The number of imidazole rings is 1. The predicted octanol–water partition coefficient (Wildman–Crippen LogP) is 3.44. The molecule has 0 spiro atoms. The summed E-state index contributed by atoms with van der Waals surface area (Å²) >= 11 is 0. The standard InChI is InChI=1S/C18H18N4O/c1-12(2)23-15-6-3-13(4-7-15)18-16(9-10-19)22-11-14(20)5-8-17(22)21-18/h3-8,11-12H,9,20H2,1-2H3. The number of nitriles is 1. The molecule has 116 valence electrons. The zero-order valence-electron chi connectivity index (χ0n) is 13.2. The van der Waals surface area contributed by atoms with Crippen LogP contribution in [-0.4, -0.2) is 15.5 Å². The zero-order chi connectivity index (χ0) is 16.4. The third-order valence-corrected chi connectivity index (χ3v) is 3.49. The van der Waals surface area contributed by atoms with Gasteiger partial charge in [-0.2, -0.15) is 5.26 Å². The smallest absolute Gasteiger partial charge is 0.137 e. The minimum atomic E-state index is 0.133. The molecule has 2 N–H and O–H groups in total. The molecule has 2 heterocycles. The second-order valence-corrected chi connectivity index (χ2v) is 5.62. The van der Waals surface area contributed by atoms with E-state index in [4.69, 9.17) is 15.7 Å². The third-order valence-electron chi connectivity index (χ3n) is 3.49. The number of hydrogen-bond donors (Lipinski definition) is 1. The number of aromatic nitrogens is 2. The monoisotopic (exact) mass is 306 g/mol. The molecule has 0 unspecified atom stereocenters. The van der Waals surface area contributed by atoms with Crippen molar-refractivity contribution in [3.63, 3.8) is 0 Å². The molecule has 0 aliphatic carbocycles. The molecule has 0 aliphatic rings. The van der Waals surface area contributed by atoms with E-state index in [1.807, 2.05) is 54.6 Å². The molecule has 0 atom stereocenters. The van der Waals surface area contributed by atoms with Crippen LogP contribution in [0.2, 0.25) is 0 Å². The highest BCUT2D eigenvalue weighted by molar-refractivity contribution is 5.68. The van der Waals surface area contributed by atoms with Crippen LogP contribution in [-0.2, 0) is 6.42 Å². The summed E-state index contributed by atoms with van der Waals surface area (Å²) in [6.07, 6.45) is 2.20. The molecule has 0 fully saturated rings. The molecular weight excluding hydrogens is 288 g/mol. The van der Waals surface area contributed by atoms with Gasteiger partial charge in [0.1, 0.15) is 11.4 Å². The van der Waals surface area contributed by atoms with Crippen LogP contribution in [0, 0.1) is 11.3 Å². The number of fused-ring (bicyclic) bond motifs is 1. The van der Waals surface area contributed by atoms with Crippen molar-refractivity contribution < 1.29 is 4.74 Å². The van der Waals surface area contributed by atoms with E-state index in [0.717, 1.165) is 28.3 Å². The Balaban J connectivity index is 2.08. The number of nitrogens with two attached hydrogens (primary N) is 1. The highest BCUT2D eigenvalue weighted by atomic mass is 16.5. The van der Waals surface area contributed by atoms with Crippen LogP contribution in [0.4, 0.5) is 5.69 Å². The number of hydrogen-bond acceptors (Lipinski definition) is 4. The Morgan fingerprint density at radius 2 is 1.96 bits per heavy atom. The topological polar surface area (TPSA) is 76.3 Å². The largest absolute Gasteiger partial charge is 0.491 e. The zero-order valence-corrected chi connectivity index (χ0v) is 13.2. The predicted molar refractivity (Wildman–Crippen MR) is 90.1 cm³/mol. The molecule has 3 rings (SSSR count). The van der Waals surface area contributed by atoms with Crippen LogP contribution in [0.1, 0.15) is 19.5 Å². The maximum Gasteiger partial charge on any atom is 0.137 e. The Labute approximate surface area is 134 Å². The quantitative estimate of drug-likeness (QED) is 0.801. The number of ether oxygens (including phenoxy) is 1.